The topological polar surface area (TPSA) is 51.2 Å². The lowest BCUT2D eigenvalue weighted by Gasteiger charge is -2.12. The van der Waals surface area contributed by atoms with Gasteiger partial charge in [0.2, 0.25) is 0 Å². The number of rotatable bonds is 5. The van der Waals surface area contributed by atoms with Crippen LogP contribution < -0.4 is 5.32 Å². The smallest absolute Gasteiger partial charge is 0.310 e. The molecular weight excluding hydrogens is 204 g/mol. The maximum atomic E-state index is 11.3. The number of nitrogens with one attached hydrogen (secondary N) is 1. The van der Waals surface area contributed by atoms with Crippen molar-refractivity contribution in [2.24, 2.45) is 5.92 Å². The highest BCUT2D eigenvalue weighted by Crippen LogP contribution is 2.06. The summed E-state index contributed by atoms with van der Waals surface area (Å²) in [5.41, 5.74) is 0.953. The van der Waals surface area contributed by atoms with E-state index in [-0.39, 0.29) is 11.9 Å². The lowest BCUT2D eigenvalue weighted by atomic mass is 10.2. The molecule has 1 heterocycles. The van der Waals surface area contributed by atoms with Crippen molar-refractivity contribution in [1.82, 2.24) is 4.98 Å². The molecule has 88 valence electrons. The van der Waals surface area contributed by atoms with E-state index >= 15 is 0 Å². The van der Waals surface area contributed by atoms with Crippen molar-refractivity contribution in [1.29, 1.82) is 0 Å². The molecule has 0 aromatic carbocycles. The summed E-state index contributed by atoms with van der Waals surface area (Å²) in [5, 5.41) is 3.11. The zero-order chi connectivity index (χ0) is 12.0. The zero-order valence-corrected chi connectivity index (χ0v) is 9.99. The van der Waals surface area contributed by atoms with Crippen LogP contribution in [-0.2, 0) is 9.53 Å². The van der Waals surface area contributed by atoms with E-state index in [9.17, 15) is 4.79 Å². The number of nitrogens with zero attached hydrogens (tertiary/aromatic N) is 1. The number of carbonyl (C=O) groups is 1. The highest BCUT2D eigenvalue weighted by molar-refractivity contribution is 5.72. The van der Waals surface area contributed by atoms with E-state index in [1.165, 1.54) is 0 Å². The summed E-state index contributed by atoms with van der Waals surface area (Å²) in [6.07, 6.45) is 0. The van der Waals surface area contributed by atoms with Gasteiger partial charge in [0.15, 0.2) is 0 Å². The minimum Gasteiger partial charge on any atom is -0.466 e. The number of aryl methyl sites for hydroxylation is 1. The van der Waals surface area contributed by atoms with Crippen LogP contribution in [0.5, 0.6) is 0 Å². The van der Waals surface area contributed by atoms with Crippen molar-refractivity contribution in [3.63, 3.8) is 0 Å². The minimum absolute atomic E-state index is 0.165. The largest absolute Gasteiger partial charge is 0.466 e. The van der Waals surface area contributed by atoms with Gasteiger partial charge < -0.3 is 10.1 Å². The Morgan fingerprint density at radius 1 is 1.56 bits per heavy atom. The lowest BCUT2D eigenvalue weighted by molar-refractivity contribution is -0.146. The highest BCUT2D eigenvalue weighted by atomic mass is 16.5. The van der Waals surface area contributed by atoms with Gasteiger partial charge in [-0.2, -0.15) is 0 Å². The average molecular weight is 222 g/mol. The number of hydrogen-bond acceptors (Lipinski definition) is 4. The van der Waals surface area contributed by atoms with Crippen molar-refractivity contribution < 1.29 is 9.53 Å². The summed E-state index contributed by atoms with van der Waals surface area (Å²) < 4.78 is 4.92. The Hall–Kier alpha value is -1.58. The number of ether oxygens (including phenoxy) is 1. The molecule has 0 aliphatic rings. The number of carbonyl (C=O) groups excluding carboxylic acids is 1. The first-order valence-electron chi connectivity index (χ1n) is 5.47. The second kappa shape index (κ2) is 6.10. The van der Waals surface area contributed by atoms with Crippen LogP contribution in [-0.4, -0.2) is 24.1 Å². The van der Waals surface area contributed by atoms with Crippen LogP contribution >= 0.6 is 0 Å². The van der Waals surface area contributed by atoms with Gasteiger partial charge in [-0.05, 0) is 26.0 Å². The Morgan fingerprint density at radius 2 is 2.31 bits per heavy atom. The normalized spacial score (nSPS) is 11.9. The van der Waals surface area contributed by atoms with Gasteiger partial charge in [0.25, 0.3) is 0 Å². The van der Waals surface area contributed by atoms with Gasteiger partial charge in [-0.15, -0.1) is 0 Å². The molecule has 0 radical (unpaired) electrons. The van der Waals surface area contributed by atoms with E-state index in [4.69, 9.17) is 4.74 Å². The summed E-state index contributed by atoms with van der Waals surface area (Å²) in [7, 11) is 0. The van der Waals surface area contributed by atoms with E-state index in [0.717, 1.165) is 11.5 Å². The number of pyridine rings is 1. The molecule has 0 bridgehead atoms. The van der Waals surface area contributed by atoms with E-state index in [1.807, 2.05) is 32.0 Å². The van der Waals surface area contributed by atoms with Crippen LogP contribution in [0.4, 0.5) is 5.82 Å². The van der Waals surface area contributed by atoms with Gasteiger partial charge in [0.05, 0.1) is 12.5 Å². The molecule has 0 aliphatic heterocycles. The fraction of sp³-hybridized carbons (Fsp3) is 0.500. The Balaban J connectivity index is 2.42. The Labute approximate surface area is 96.0 Å². The van der Waals surface area contributed by atoms with Gasteiger partial charge in [0, 0.05) is 12.2 Å². The molecule has 1 aromatic rings. The first-order valence-corrected chi connectivity index (χ1v) is 5.47. The standard InChI is InChI=1S/C12H18N2O2/c1-4-16-12(15)9(2)8-13-11-7-5-6-10(3)14-11/h5-7,9H,4,8H2,1-3H3,(H,13,14). The van der Waals surface area contributed by atoms with Crippen LogP contribution in [0.1, 0.15) is 19.5 Å². The van der Waals surface area contributed by atoms with Crippen molar-refractivity contribution in [3.8, 4) is 0 Å². The lowest BCUT2D eigenvalue weighted by Crippen LogP contribution is -2.22. The monoisotopic (exact) mass is 222 g/mol. The summed E-state index contributed by atoms with van der Waals surface area (Å²) in [6.45, 7) is 6.53. The molecule has 0 saturated carbocycles. The third kappa shape index (κ3) is 3.88. The molecule has 0 spiro atoms. The maximum absolute atomic E-state index is 11.3. The molecule has 0 amide bonds. The predicted molar refractivity (Wildman–Crippen MR) is 63.3 cm³/mol. The summed E-state index contributed by atoms with van der Waals surface area (Å²) in [5.74, 6) is 0.445. The molecule has 0 aliphatic carbocycles. The molecule has 1 atom stereocenters. The number of anilines is 1. The first-order chi connectivity index (χ1) is 7.63. The molecule has 1 aromatic heterocycles. The third-order valence-corrected chi connectivity index (χ3v) is 2.17. The molecule has 4 heteroatoms. The third-order valence-electron chi connectivity index (χ3n) is 2.17. The van der Waals surface area contributed by atoms with Gasteiger partial charge in [-0.3, -0.25) is 4.79 Å². The van der Waals surface area contributed by atoms with Gasteiger partial charge in [0.1, 0.15) is 5.82 Å². The first kappa shape index (κ1) is 12.5. The molecule has 1 rings (SSSR count). The van der Waals surface area contributed by atoms with Gasteiger partial charge in [-0.25, -0.2) is 4.98 Å². The Bertz CT molecular complexity index is 353. The van der Waals surface area contributed by atoms with Crippen LogP contribution in [0, 0.1) is 12.8 Å². The Kier molecular flexibility index (Phi) is 4.76. The molecular formula is C12H18N2O2. The van der Waals surface area contributed by atoms with Crippen LogP contribution in [0.15, 0.2) is 18.2 Å². The molecule has 16 heavy (non-hydrogen) atoms. The van der Waals surface area contributed by atoms with Crippen LogP contribution in [0.25, 0.3) is 0 Å². The predicted octanol–water partition coefficient (Wildman–Crippen LogP) is 2.00. The van der Waals surface area contributed by atoms with Crippen LogP contribution in [0.2, 0.25) is 0 Å². The van der Waals surface area contributed by atoms with E-state index in [0.29, 0.717) is 13.2 Å². The maximum Gasteiger partial charge on any atom is 0.310 e. The van der Waals surface area contributed by atoms with Crippen molar-refractivity contribution >= 4 is 11.8 Å². The zero-order valence-electron chi connectivity index (χ0n) is 9.99. The quantitative estimate of drug-likeness (QED) is 0.774. The SMILES string of the molecule is CCOC(=O)C(C)CNc1cccc(C)n1. The highest BCUT2D eigenvalue weighted by Gasteiger charge is 2.13. The average Bonchev–Trinajstić information content (AvgIpc) is 2.26. The molecule has 4 nitrogen and oxygen atoms in total. The van der Waals surface area contributed by atoms with Crippen molar-refractivity contribution in [2.75, 3.05) is 18.5 Å². The Morgan fingerprint density at radius 3 is 2.94 bits per heavy atom. The molecule has 1 N–H and O–H groups in total. The van der Waals surface area contributed by atoms with Crippen molar-refractivity contribution in [3.05, 3.63) is 23.9 Å². The van der Waals surface area contributed by atoms with Gasteiger partial charge in [-0.1, -0.05) is 13.0 Å². The van der Waals surface area contributed by atoms with Crippen molar-refractivity contribution in [2.45, 2.75) is 20.8 Å². The summed E-state index contributed by atoms with van der Waals surface area (Å²) in [6, 6.07) is 5.74. The number of hydrogen-bond donors (Lipinski definition) is 1. The number of esters is 1. The summed E-state index contributed by atoms with van der Waals surface area (Å²) in [4.78, 5) is 15.6. The molecule has 1 unspecified atom stereocenters. The number of aromatic nitrogens is 1. The fourth-order valence-electron chi connectivity index (χ4n) is 1.27. The molecule has 0 fully saturated rings. The van der Waals surface area contributed by atoms with E-state index in [1.54, 1.807) is 6.92 Å². The van der Waals surface area contributed by atoms with E-state index < -0.39 is 0 Å². The fourth-order valence-corrected chi connectivity index (χ4v) is 1.27. The van der Waals surface area contributed by atoms with E-state index in [2.05, 4.69) is 10.3 Å². The minimum atomic E-state index is -0.178. The second-order valence-electron chi connectivity index (χ2n) is 3.70. The summed E-state index contributed by atoms with van der Waals surface area (Å²) >= 11 is 0. The van der Waals surface area contributed by atoms with Gasteiger partial charge >= 0.3 is 5.97 Å². The molecule has 0 saturated heterocycles. The second-order valence-corrected chi connectivity index (χ2v) is 3.70. The van der Waals surface area contributed by atoms with Crippen LogP contribution in [0.3, 0.4) is 0 Å².